The minimum absolute atomic E-state index is 0.0793. The summed E-state index contributed by atoms with van der Waals surface area (Å²) in [6, 6.07) is 14.4. The van der Waals surface area contributed by atoms with Gasteiger partial charge in [0.15, 0.2) is 10.6 Å². The molecule has 0 atom stereocenters. The highest BCUT2D eigenvalue weighted by Gasteiger charge is 2.10. The van der Waals surface area contributed by atoms with Gasteiger partial charge < -0.3 is 5.32 Å². The van der Waals surface area contributed by atoms with Crippen LogP contribution in [-0.2, 0) is 17.8 Å². The number of rotatable bonds is 7. The van der Waals surface area contributed by atoms with Crippen molar-refractivity contribution in [2.75, 3.05) is 6.54 Å². The van der Waals surface area contributed by atoms with Gasteiger partial charge in [0.1, 0.15) is 5.82 Å². The van der Waals surface area contributed by atoms with E-state index in [0.717, 1.165) is 16.7 Å². The van der Waals surface area contributed by atoms with Crippen LogP contribution in [0.2, 0.25) is 0 Å². The van der Waals surface area contributed by atoms with Crippen molar-refractivity contribution in [1.82, 2.24) is 20.1 Å². The van der Waals surface area contributed by atoms with Gasteiger partial charge in [-0.15, -0.1) is 0 Å². The van der Waals surface area contributed by atoms with E-state index in [-0.39, 0.29) is 18.1 Å². The summed E-state index contributed by atoms with van der Waals surface area (Å²) in [6.07, 6.45) is 0.874. The van der Waals surface area contributed by atoms with E-state index >= 15 is 0 Å². The molecule has 5 nitrogen and oxygen atoms in total. The van der Waals surface area contributed by atoms with Crippen molar-refractivity contribution in [3.8, 4) is 11.4 Å². The van der Waals surface area contributed by atoms with E-state index in [9.17, 15) is 9.18 Å². The van der Waals surface area contributed by atoms with Crippen molar-refractivity contribution in [2.45, 2.75) is 26.3 Å². The molecule has 0 fully saturated rings. The molecule has 1 heterocycles. The van der Waals surface area contributed by atoms with Crippen LogP contribution in [0.5, 0.6) is 0 Å². The first kappa shape index (κ1) is 19.0. The SMILES string of the molecule is Cc1ccc(-c2n[nH]c(=S)n2CCC(=O)NCCc2cccc(F)c2)cc1. The Kier molecular flexibility index (Phi) is 6.13. The first-order valence-corrected chi connectivity index (χ1v) is 9.17. The topological polar surface area (TPSA) is 62.7 Å². The van der Waals surface area contributed by atoms with Crippen molar-refractivity contribution >= 4 is 18.1 Å². The lowest BCUT2D eigenvalue weighted by molar-refractivity contribution is -0.121. The third-order valence-corrected chi connectivity index (χ3v) is 4.57. The molecule has 0 aliphatic heterocycles. The lowest BCUT2D eigenvalue weighted by Gasteiger charge is -2.08. The van der Waals surface area contributed by atoms with Gasteiger partial charge in [0.25, 0.3) is 0 Å². The number of aromatic amines is 1. The fourth-order valence-corrected chi connectivity index (χ4v) is 3.01. The molecule has 7 heteroatoms. The number of amides is 1. The predicted molar refractivity (Wildman–Crippen MR) is 105 cm³/mol. The van der Waals surface area contributed by atoms with E-state index in [4.69, 9.17) is 12.2 Å². The molecule has 0 unspecified atom stereocenters. The Morgan fingerprint density at radius 2 is 2.04 bits per heavy atom. The van der Waals surface area contributed by atoms with Gasteiger partial charge in [-0.25, -0.2) is 4.39 Å². The molecule has 0 saturated carbocycles. The number of carbonyl (C=O) groups excluding carboxylic acids is 1. The second-order valence-electron chi connectivity index (χ2n) is 6.35. The number of nitrogens with one attached hydrogen (secondary N) is 2. The van der Waals surface area contributed by atoms with Crippen LogP contribution < -0.4 is 5.32 Å². The molecule has 0 spiro atoms. The largest absolute Gasteiger partial charge is 0.356 e. The zero-order chi connectivity index (χ0) is 19.2. The molecule has 140 valence electrons. The van der Waals surface area contributed by atoms with Gasteiger partial charge in [0.2, 0.25) is 5.91 Å². The van der Waals surface area contributed by atoms with E-state index in [0.29, 0.717) is 30.1 Å². The van der Waals surface area contributed by atoms with E-state index in [1.807, 2.05) is 41.8 Å². The van der Waals surface area contributed by atoms with Crippen LogP contribution in [0.15, 0.2) is 48.5 Å². The Hall–Kier alpha value is -2.80. The Morgan fingerprint density at radius 3 is 2.78 bits per heavy atom. The first-order chi connectivity index (χ1) is 13.0. The number of benzene rings is 2. The summed E-state index contributed by atoms with van der Waals surface area (Å²) in [5, 5.41) is 9.93. The highest BCUT2D eigenvalue weighted by Crippen LogP contribution is 2.18. The van der Waals surface area contributed by atoms with Crippen LogP contribution in [-0.4, -0.2) is 27.2 Å². The summed E-state index contributed by atoms with van der Waals surface area (Å²) in [5.41, 5.74) is 2.96. The number of carbonyl (C=O) groups is 1. The summed E-state index contributed by atoms with van der Waals surface area (Å²) in [5.74, 6) is 0.369. The molecule has 27 heavy (non-hydrogen) atoms. The Morgan fingerprint density at radius 1 is 1.26 bits per heavy atom. The second-order valence-corrected chi connectivity index (χ2v) is 6.74. The zero-order valence-corrected chi connectivity index (χ0v) is 15.9. The lowest BCUT2D eigenvalue weighted by Crippen LogP contribution is -2.26. The monoisotopic (exact) mass is 384 g/mol. The maximum atomic E-state index is 13.2. The molecule has 0 saturated heterocycles. The van der Waals surface area contributed by atoms with Gasteiger partial charge in [-0.1, -0.05) is 42.0 Å². The van der Waals surface area contributed by atoms with Crippen LogP contribution in [0.25, 0.3) is 11.4 Å². The quantitative estimate of drug-likeness (QED) is 0.609. The normalized spacial score (nSPS) is 10.7. The average molecular weight is 384 g/mol. The Bertz CT molecular complexity index is 978. The molecule has 1 amide bonds. The average Bonchev–Trinajstić information content (AvgIpc) is 3.01. The van der Waals surface area contributed by atoms with Crippen molar-refractivity contribution < 1.29 is 9.18 Å². The lowest BCUT2D eigenvalue weighted by atomic mass is 10.1. The van der Waals surface area contributed by atoms with Gasteiger partial charge in [-0.3, -0.25) is 14.5 Å². The maximum absolute atomic E-state index is 13.2. The molecule has 2 aromatic carbocycles. The van der Waals surface area contributed by atoms with Crippen molar-refractivity contribution in [3.05, 3.63) is 70.2 Å². The van der Waals surface area contributed by atoms with E-state index in [1.54, 1.807) is 6.07 Å². The van der Waals surface area contributed by atoms with Crippen LogP contribution in [0, 0.1) is 17.5 Å². The molecule has 2 N–H and O–H groups in total. The van der Waals surface area contributed by atoms with Crippen LogP contribution in [0.4, 0.5) is 4.39 Å². The van der Waals surface area contributed by atoms with E-state index < -0.39 is 0 Å². The van der Waals surface area contributed by atoms with E-state index in [2.05, 4.69) is 15.5 Å². The second kappa shape index (κ2) is 8.73. The van der Waals surface area contributed by atoms with Crippen molar-refractivity contribution in [1.29, 1.82) is 0 Å². The smallest absolute Gasteiger partial charge is 0.221 e. The third-order valence-electron chi connectivity index (χ3n) is 4.26. The minimum Gasteiger partial charge on any atom is -0.356 e. The maximum Gasteiger partial charge on any atom is 0.221 e. The highest BCUT2D eigenvalue weighted by molar-refractivity contribution is 7.71. The molecule has 1 aromatic heterocycles. The molecule has 3 rings (SSSR count). The number of hydrogen-bond donors (Lipinski definition) is 2. The predicted octanol–water partition coefficient (Wildman–Crippen LogP) is 3.80. The summed E-state index contributed by atoms with van der Waals surface area (Å²) in [7, 11) is 0. The Balaban J connectivity index is 1.55. The number of H-pyrrole nitrogens is 1. The van der Waals surface area contributed by atoms with Crippen LogP contribution >= 0.6 is 12.2 Å². The molecular formula is C20H21FN4OS. The van der Waals surface area contributed by atoms with Gasteiger partial charge in [0, 0.05) is 25.1 Å². The first-order valence-electron chi connectivity index (χ1n) is 8.76. The number of aryl methyl sites for hydroxylation is 1. The van der Waals surface area contributed by atoms with Crippen molar-refractivity contribution in [2.24, 2.45) is 0 Å². The number of nitrogens with zero attached hydrogens (tertiary/aromatic N) is 2. The fourth-order valence-electron chi connectivity index (χ4n) is 2.79. The highest BCUT2D eigenvalue weighted by atomic mass is 32.1. The molecule has 0 bridgehead atoms. The fraction of sp³-hybridized carbons (Fsp3) is 0.250. The van der Waals surface area contributed by atoms with Gasteiger partial charge in [-0.2, -0.15) is 5.10 Å². The van der Waals surface area contributed by atoms with Crippen molar-refractivity contribution in [3.63, 3.8) is 0 Å². The van der Waals surface area contributed by atoms with Crippen LogP contribution in [0.3, 0.4) is 0 Å². The van der Waals surface area contributed by atoms with Gasteiger partial charge in [-0.05, 0) is 43.3 Å². The third kappa shape index (κ3) is 5.10. The molecular weight excluding hydrogens is 363 g/mol. The number of hydrogen-bond acceptors (Lipinski definition) is 3. The number of halogens is 1. The molecule has 0 radical (unpaired) electrons. The van der Waals surface area contributed by atoms with Gasteiger partial charge >= 0.3 is 0 Å². The standard InChI is InChI=1S/C20H21FN4OS/c1-14-5-7-16(8-6-14)19-23-24-20(27)25(19)12-10-18(26)22-11-9-15-3-2-4-17(21)13-15/h2-8,13H,9-12H2,1H3,(H,22,26)(H,24,27). The minimum atomic E-state index is -0.267. The van der Waals surface area contributed by atoms with E-state index in [1.165, 1.54) is 12.1 Å². The molecule has 0 aliphatic rings. The summed E-state index contributed by atoms with van der Waals surface area (Å²) in [6.45, 7) is 2.92. The summed E-state index contributed by atoms with van der Waals surface area (Å²) < 4.78 is 15.5. The summed E-state index contributed by atoms with van der Waals surface area (Å²) in [4.78, 5) is 12.1. The molecule has 0 aliphatic carbocycles. The Labute approximate surface area is 162 Å². The summed E-state index contributed by atoms with van der Waals surface area (Å²) >= 11 is 5.29. The molecule has 3 aromatic rings. The zero-order valence-electron chi connectivity index (χ0n) is 15.0. The van der Waals surface area contributed by atoms with Crippen LogP contribution in [0.1, 0.15) is 17.5 Å². The number of aromatic nitrogens is 3. The van der Waals surface area contributed by atoms with Gasteiger partial charge in [0.05, 0.1) is 0 Å².